The first-order valence-corrected chi connectivity index (χ1v) is 7.62. The molecule has 3 nitrogen and oxygen atoms in total. The summed E-state index contributed by atoms with van der Waals surface area (Å²) in [6.45, 7) is 5.93. The summed E-state index contributed by atoms with van der Waals surface area (Å²) in [6, 6.07) is 8.97. The van der Waals surface area contributed by atoms with Crippen LogP contribution in [0.5, 0.6) is 0 Å². The molecule has 2 aromatic rings. The Labute approximate surface area is 121 Å². The molecule has 0 saturated carbocycles. The van der Waals surface area contributed by atoms with Crippen molar-refractivity contribution >= 4 is 10.9 Å². The van der Waals surface area contributed by atoms with E-state index in [1.165, 1.54) is 35.7 Å². The molecule has 0 radical (unpaired) electrons. The first-order chi connectivity index (χ1) is 9.85. The van der Waals surface area contributed by atoms with E-state index >= 15 is 0 Å². The molecular formula is C17H26N2O. The Kier molecular flexibility index (Phi) is 6.09. The van der Waals surface area contributed by atoms with Crippen LogP contribution in [0.15, 0.2) is 30.5 Å². The van der Waals surface area contributed by atoms with Crippen LogP contribution in [0, 0.1) is 0 Å². The van der Waals surface area contributed by atoms with Gasteiger partial charge in [0, 0.05) is 38.5 Å². The predicted octanol–water partition coefficient (Wildman–Crippen LogP) is 3.57. The van der Waals surface area contributed by atoms with Crippen molar-refractivity contribution in [2.24, 2.45) is 0 Å². The zero-order chi connectivity index (χ0) is 14.2. The summed E-state index contributed by atoms with van der Waals surface area (Å²) in [7, 11) is 1.73. The number of fused-ring (bicyclic) bond motifs is 1. The third-order valence-electron chi connectivity index (χ3n) is 3.65. The summed E-state index contributed by atoms with van der Waals surface area (Å²) in [4.78, 5) is 0. The molecule has 1 N–H and O–H groups in total. The molecule has 2 rings (SSSR count). The highest BCUT2D eigenvalue weighted by Gasteiger charge is 2.02. The molecule has 0 aliphatic carbocycles. The van der Waals surface area contributed by atoms with Gasteiger partial charge in [-0.15, -0.1) is 0 Å². The van der Waals surface area contributed by atoms with Crippen molar-refractivity contribution in [2.75, 3.05) is 20.3 Å². The molecule has 0 saturated heterocycles. The SMILES string of the molecule is CCCCCn1ccc2cc(CNCCOC)ccc21. The Morgan fingerprint density at radius 1 is 1.20 bits per heavy atom. The second kappa shape index (κ2) is 8.08. The topological polar surface area (TPSA) is 26.2 Å². The lowest BCUT2D eigenvalue weighted by molar-refractivity contribution is 0.199. The van der Waals surface area contributed by atoms with Crippen LogP contribution in [0.25, 0.3) is 10.9 Å². The standard InChI is InChI=1S/C17H26N2O/c1-3-4-5-10-19-11-8-16-13-15(6-7-17(16)19)14-18-9-12-20-2/h6-8,11,13,18H,3-5,9-10,12,14H2,1-2H3. The summed E-state index contributed by atoms with van der Waals surface area (Å²) in [5.41, 5.74) is 2.68. The number of ether oxygens (including phenoxy) is 1. The third-order valence-corrected chi connectivity index (χ3v) is 3.65. The normalized spacial score (nSPS) is 11.3. The average molecular weight is 274 g/mol. The molecule has 3 heteroatoms. The predicted molar refractivity (Wildman–Crippen MR) is 85.0 cm³/mol. The van der Waals surface area contributed by atoms with Gasteiger partial charge in [-0.25, -0.2) is 0 Å². The lowest BCUT2D eigenvalue weighted by atomic mass is 10.1. The quantitative estimate of drug-likeness (QED) is 0.708. The monoisotopic (exact) mass is 274 g/mol. The number of benzene rings is 1. The number of aromatic nitrogens is 1. The van der Waals surface area contributed by atoms with E-state index in [2.05, 4.69) is 47.3 Å². The average Bonchev–Trinajstić information content (AvgIpc) is 2.87. The first kappa shape index (κ1) is 15.1. The van der Waals surface area contributed by atoms with E-state index in [1.54, 1.807) is 7.11 Å². The van der Waals surface area contributed by atoms with Crippen molar-refractivity contribution in [2.45, 2.75) is 39.3 Å². The maximum absolute atomic E-state index is 5.03. The van der Waals surface area contributed by atoms with E-state index in [9.17, 15) is 0 Å². The largest absolute Gasteiger partial charge is 0.383 e. The van der Waals surface area contributed by atoms with E-state index in [1.807, 2.05) is 0 Å². The summed E-state index contributed by atoms with van der Waals surface area (Å²) in [5.74, 6) is 0. The fourth-order valence-corrected chi connectivity index (χ4v) is 2.49. The molecule has 0 spiro atoms. The second-order valence-corrected chi connectivity index (χ2v) is 5.28. The van der Waals surface area contributed by atoms with Crippen LogP contribution in [0.3, 0.4) is 0 Å². The highest BCUT2D eigenvalue weighted by Crippen LogP contribution is 2.18. The third kappa shape index (κ3) is 4.09. The minimum Gasteiger partial charge on any atom is -0.383 e. The van der Waals surface area contributed by atoms with Crippen molar-refractivity contribution in [1.82, 2.24) is 9.88 Å². The van der Waals surface area contributed by atoms with Gasteiger partial charge in [-0.1, -0.05) is 25.8 Å². The molecular weight excluding hydrogens is 248 g/mol. The molecule has 1 aromatic carbocycles. The molecule has 0 amide bonds. The molecule has 0 unspecified atom stereocenters. The second-order valence-electron chi connectivity index (χ2n) is 5.28. The smallest absolute Gasteiger partial charge is 0.0587 e. The summed E-state index contributed by atoms with van der Waals surface area (Å²) < 4.78 is 7.40. The van der Waals surface area contributed by atoms with Crippen molar-refractivity contribution in [1.29, 1.82) is 0 Å². The molecule has 1 heterocycles. The molecule has 20 heavy (non-hydrogen) atoms. The summed E-state index contributed by atoms with van der Waals surface area (Å²) in [6.07, 6.45) is 6.06. The van der Waals surface area contributed by atoms with Crippen LogP contribution >= 0.6 is 0 Å². The Bertz CT molecular complexity index is 519. The van der Waals surface area contributed by atoms with E-state index in [0.29, 0.717) is 0 Å². The Morgan fingerprint density at radius 2 is 2.10 bits per heavy atom. The zero-order valence-corrected chi connectivity index (χ0v) is 12.7. The fourth-order valence-electron chi connectivity index (χ4n) is 2.49. The number of nitrogens with zero attached hydrogens (tertiary/aromatic N) is 1. The minimum absolute atomic E-state index is 0.760. The Balaban J connectivity index is 1.96. The van der Waals surface area contributed by atoms with E-state index in [4.69, 9.17) is 4.74 Å². The number of hydrogen-bond acceptors (Lipinski definition) is 2. The molecule has 0 aliphatic heterocycles. The van der Waals surface area contributed by atoms with Gasteiger partial charge in [0.15, 0.2) is 0 Å². The molecule has 0 fully saturated rings. The van der Waals surface area contributed by atoms with Crippen molar-refractivity contribution in [3.63, 3.8) is 0 Å². The van der Waals surface area contributed by atoms with Crippen LogP contribution in [-0.4, -0.2) is 24.8 Å². The van der Waals surface area contributed by atoms with Gasteiger partial charge < -0.3 is 14.6 Å². The van der Waals surface area contributed by atoms with Gasteiger partial charge in [-0.2, -0.15) is 0 Å². The number of hydrogen-bond donors (Lipinski definition) is 1. The van der Waals surface area contributed by atoms with Gasteiger partial charge in [-0.05, 0) is 35.6 Å². The van der Waals surface area contributed by atoms with Gasteiger partial charge in [-0.3, -0.25) is 0 Å². The Hall–Kier alpha value is -1.32. The number of rotatable bonds is 9. The lowest BCUT2D eigenvalue weighted by Gasteiger charge is -2.07. The van der Waals surface area contributed by atoms with Crippen LogP contribution in [0.1, 0.15) is 31.7 Å². The number of aryl methyl sites for hydroxylation is 1. The van der Waals surface area contributed by atoms with Gasteiger partial charge in [0.2, 0.25) is 0 Å². The van der Waals surface area contributed by atoms with Crippen LogP contribution in [0.2, 0.25) is 0 Å². The number of unbranched alkanes of at least 4 members (excludes halogenated alkanes) is 2. The van der Waals surface area contributed by atoms with Crippen LogP contribution in [-0.2, 0) is 17.8 Å². The highest BCUT2D eigenvalue weighted by molar-refractivity contribution is 5.80. The molecule has 0 bridgehead atoms. The minimum atomic E-state index is 0.760. The van der Waals surface area contributed by atoms with Crippen molar-refractivity contribution in [3.05, 3.63) is 36.0 Å². The van der Waals surface area contributed by atoms with Crippen molar-refractivity contribution < 1.29 is 4.74 Å². The molecule has 110 valence electrons. The molecule has 0 atom stereocenters. The van der Waals surface area contributed by atoms with Crippen LogP contribution in [0.4, 0.5) is 0 Å². The van der Waals surface area contributed by atoms with Gasteiger partial charge in [0.25, 0.3) is 0 Å². The Morgan fingerprint density at radius 3 is 2.90 bits per heavy atom. The summed E-state index contributed by atoms with van der Waals surface area (Å²) >= 11 is 0. The molecule has 1 aromatic heterocycles. The van der Waals surface area contributed by atoms with Gasteiger partial charge >= 0.3 is 0 Å². The van der Waals surface area contributed by atoms with E-state index in [0.717, 1.165) is 26.2 Å². The zero-order valence-electron chi connectivity index (χ0n) is 12.7. The molecule has 0 aliphatic rings. The highest BCUT2D eigenvalue weighted by atomic mass is 16.5. The first-order valence-electron chi connectivity index (χ1n) is 7.62. The number of methoxy groups -OCH3 is 1. The number of nitrogens with one attached hydrogen (secondary N) is 1. The van der Waals surface area contributed by atoms with E-state index in [-0.39, 0.29) is 0 Å². The fraction of sp³-hybridized carbons (Fsp3) is 0.529. The van der Waals surface area contributed by atoms with Crippen LogP contribution < -0.4 is 5.32 Å². The van der Waals surface area contributed by atoms with Gasteiger partial charge in [0.1, 0.15) is 0 Å². The van der Waals surface area contributed by atoms with Gasteiger partial charge in [0.05, 0.1) is 6.61 Å². The maximum Gasteiger partial charge on any atom is 0.0587 e. The maximum atomic E-state index is 5.03. The van der Waals surface area contributed by atoms with Crippen molar-refractivity contribution in [3.8, 4) is 0 Å². The van der Waals surface area contributed by atoms with E-state index < -0.39 is 0 Å². The summed E-state index contributed by atoms with van der Waals surface area (Å²) in [5, 5.41) is 4.72. The lowest BCUT2D eigenvalue weighted by Crippen LogP contribution is -2.18.